The first kappa shape index (κ1) is 18.5. The molecule has 146 valence electrons. The molecule has 1 unspecified atom stereocenters. The van der Waals surface area contributed by atoms with Gasteiger partial charge in [-0.25, -0.2) is 8.42 Å². The third-order valence-corrected chi connectivity index (χ3v) is 7.26. The zero-order valence-corrected chi connectivity index (χ0v) is 16.2. The molecule has 0 N–H and O–H groups in total. The van der Waals surface area contributed by atoms with Crippen molar-refractivity contribution in [1.82, 2.24) is 9.80 Å². The van der Waals surface area contributed by atoms with Gasteiger partial charge in [-0.3, -0.25) is 9.69 Å². The van der Waals surface area contributed by atoms with E-state index in [0.29, 0.717) is 50.5 Å². The normalized spacial score (nSPS) is 23.1. The average molecular weight is 392 g/mol. The molecule has 3 heterocycles. The number of rotatable bonds is 4. The van der Waals surface area contributed by atoms with E-state index in [9.17, 15) is 13.2 Å². The lowest BCUT2D eigenvalue weighted by atomic mass is 10.1. The van der Waals surface area contributed by atoms with Crippen molar-refractivity contribution in [2.24, 2.45) is 0 Å². The van der Waals surface area contributed by atoms with Gasteiger partial charge in [0.15, 0.2) is 15.6 Å². The SMILES string of the molecule is COCc1c(C(=O)N2CCN(C3CCS(=O)(=O)C3)CC2)oc2ccccc12. The molecule has 7 nitrogen and oxygen atoms in total. The number of benzene rings is 1. The molecule has 1 aromatic heterocycles. The van der Waals surface area contributed by atoms with Crippen LogP contribution in [0.3, 0.4) is 0 Å². The molecular weight excluding hydrogens is 368 g/mol. The first-order valence-corrected chi connectivity index (χ1v) is 11.0. The van der Waals surface area contributed by atoms with E-state index in [1.165, 1.54) is 0 Å². The lowest BCUT2D eigenvalue weighted by molar-refractivity contribution is 0.0555. The van der Waals surface area contributed by atoms with Crippen LogP contribution in [-0.4, -0.2) is 75.0 Å². The van der Waals surface area contributed by atoms with Gasteiger partial charge >= 0.3 is 0 Å². The van der Waals surface area contributed by atoms with Crippen molar-refractivity contribution in [2.75, 3.05) is 44.8 Å². The molecule has 2 aliphatic heterocycles. The van der Waals surface area contributed by atoms with Gasteiger partial charge in [-0.05, 0) is 12.5 Å². The van der Waals surface area contributed by atoms with Gasteiger partial charge in [0.25, 0.3) is 5.91 Å². The van der Waals surface area contributed by atoms with E-state index in [0.717, 1.165) is 10.9 Å². The molecule has 27 heavy (non-hydrogen) atoms. The van der Waals surface area contributed by atoms with Gasteiger partial charge in [0.05, 0.1) is 18.1 Å². The summed E-state index contributed by atoms with van der Waals surface area (Å²) in [5, 5.41) is 0.900. The van der Waals surface area contributed by atoms with Crippen molar-refractivity contribution in [3.63, 3.8) is 0 Å². The fourth-order valence-corrected chi connectivity index (χ4v) is 5.82. The molecule has 2 saturated heterocycles. The Bertz CT molecular complexity index is 944. The van der Waals surface area contributed by atoms with Crippen LogP contribution in [0.15, 0.2) is 28.7 Å². The number of ether oxygens (including phenoxy) is 1. The van der Waals surface area contributed by atoms with Gasteiger partial charge < -0.3 is 14.1 Å². The van der Waals surface area contributed by atoms with Crippen molar-refractivity contribution >= 4 is 26.7 Å². The highest BCUT2D eigenvalue weighted by molar-refractivity contribution is 7.91. The minimum Gasteiger partial charge on any atom is -0.451 e. The molecular formula is C19H24N2O5S. The lowest BCUT2D eigenvalue weighted by Gasteiger charge is -2.37. The Hall–Kier alpha value is -1.90. The second kappa shape index (κ2) is 7.26. The Labute approximate surface area is 158 Å². The summed E-state index contributed by atoms with van der Waals surface area (Å²) in [4.78, 5) is 17.0. The van der Waals surface area contributed by atoms with Crippen molar-refractivity contribution in [3.8, 4) is 0 Å². The maximum atomic E-state index is 13.1. The van der Waals surface area contributed by atoms with Crippen LogP contribution >= 0.6 is 0 Å². The topological polar surface area (TPSA) is 80.1 Å². The molecule has 0 spiro atoms. The molecule has 0 aliphatic carbocycles. The number of methoxy groups -OCH3 is 1. The molecule has 2 fully saturated rings. The Morgan fingerprint density at radius 2 is 1.96 bits per heavy atom. The van der Waals surface area contributed by atoms with Crippen molar-refractivity contribution in [3.05, 3.63) is 35.6 Å². The standard InChI is InChI=1S/C19H24N2O5S/c1-25-12-16-15-4-2-3-5-17(15)26-18(16)19(22)21-9-7-20(8-10-21)14-6-11-27(23,24)13-14/h2-5,14H,6-13H2,1H3. The number of hydrogen-bond acceptors (Lipinski definition) is 6. The van der Waals surface area contributed by atoms with E-state index < -0.39 is 9.84 Å². The van der Waals surface area contributed by atoms with Crippen molar-refractivity contribution in [1.29, 1.82) is 0 Å². The van der Waals surface area contributed by atoms with Crippen LogP contribution in [0.5, 0.6) is 0 Å². The van der Waals surface area contributed by atoms with Gasteiger partial charge in [-0.15, -0.1) is 0 Å². The van der Waals surface area contributed by atoms with Gasteiger partial charge in [0, 0.05) is 50.3 Å². The van der Waals surface area contributed by atoms with Crippen molar-refractivity contribution < 1.29 is 22.4 Å². The highest BCUT2D eigenvalue weighted by Gasteiger charge is 2.35. The number of carbonyl (C=O) groups is 1. The van der Waals surface area contributed by atoms with E-state index in [1.54, 1.807) is 12.0 Å². The summed E-state index contributed by atoms with van der Waals surface area (Å²) in [7, 11) is -1.29. The number of hydrogen-bond donors (Lipinski definition) is 0. The van der Waals surface area contributed by atoms with E-state index in [2.05, 4.69) is 4.90 Å². The van der Waals surface area contributed by atoms with E-state index >= 15 is 0 Å². The van der Waals surface area contributed by atoms with Gasteiger partial charge in [0.1, 0.15) is 5.58 Å². The van der Waals surface area contributed by atoms with E-state index in [1.807, 2.05) is 24.3 Å². The number of para-hydroxylation sites is 1. The van der Waals surface area contributed by atoms with E-state index in [4.69, 9.17) is 9.15 Å². The number of sulfone groups is 1. The summed E-state index contributed by atoms with van der Waals surface area (Å²) in [6, 6.07) is 7.67. The fourth-order valence-electron chi connectivity index (χ4n) is 4.06. The zero-order valence-electron chi connectivity index (χ0n) is 15.4. The molecule has 0 saturated carbocycles. The summed E-state index contributed by atoms with van der Waals surface area (Å²) in [5.41, 5.74) is 1.46. The summed E-state index contributed by atoms with van der Waals surface area (Å²) in [5.74, 6) is 0.727. The highest BCUT2D eigenvalue weighted by atomic mass is 32.2. The van der Waals surface area contributed by atoms with Crippen LogP contribution in [-0.2, 0) is 21.2 Å². The molecule has 1 aromatic carbocycles. The molecule has 1 amide bonds. The number of amides is 1. The molecule has 4 rings (SSSR count). The molecule has 8 heteroatoms. The fraction of sp³-hybridized carbons (Fsp3) is 0.526. The maximum Gasteiger partial charge on any atom is 0.290 e. The van der Waals surface area contributed by atoms with Crippen LogP contribution in [0.1, 0.15) is 22.5 Å². The minimum atomic E-state index is -2.90. The van der Waals surface area contributed by atoms with Gasteiger partial charge in [-0.2, -0.15) is 0 Å². The van der Waals surface area contributed by atoms with Crippen LogP contribution in [0.4, 0.5) is 0 Å². The second-order valence-electron chi connectivity index (χ2n) is 7.22. The molecule has 2 aromatic rings. The molecule has 0 bridgehead atoms. The average Bonchev–Trinajstić information content (AvgIpc) is 3.22. The van der Waals surface area contributed by atoms with Gasteiger partial charge in [-0.1, -0.05) is 18.2 Å². The summed E-state index contributed by atoms with van der Waals surface area (Å²) < 4.78 is 34.6. The number of fused-ring (bicyclic) bond motifs is 1. The van der Waals surface area contributed by atoms with Crippen LogP contribution < -0.4 is 0 Å². The summed E-state index contributed by atoms with van der Waals surface area (Å²) >= 11 is 0. The third kappa shape index (κ3) is 3.61. The Morgan fingerprint density at radius 3 is 2.63 bits per heavy atom. The summed E-state index contributed by atoms with van der Waals surface area (Å²) in [6.07, 6.45) is 0.692. The van der Waals surface area contributed by atoms with Gasteiger partial charge in [0.2, 0.25) is 0 Å². The monoisotopic (exact) mass is 392 g/mol. The smallest absolute Gasteiger partial charge is 0.290 e. The molecule has 2 aliphatic rings. The lowest BCUT2D eigenvalue weighted by Crippen LogP contribution is -2.52. The Morgan fingerprint density at radius 1 is 1.22 bits per heavy atom. The second-order valence-corrected chi connectivity index (χ2v) is 9.45. The summed E-state index contributed by atoms with van der Waals surface area (Å²) in [6.45, 7) is 2.83. The Balaban J connectivity index is 1.48. The first-order chi connectivity index (χ1) is 13.0. The van der Waals surface area contributed by atoms with Crippen LogP contribution in [0.25, 0.3) is 11.0 Å². The number of carbonyl (C=O) groups excluding carboxylic acids is 1. The third-order valence-electron chi connectivity index (χ3n) is 5.51. The number of furan rings is 1. The number of piperazine rings is 1. The largest absolute Gasteiger partial charge is 0.451 e. The van der Waals surface area contributed by atoms with Crippen molar-refractivity contribution in [2.45, 2.75) is 19.1 Å². The minimum absolute atomic E-state index is 0.0857. The predicted molar refractivity (Wildman–Crippen MR) is 101 cm³/mol. The number of nitrogens with zero attached hydrogens (tertiary/aromatic N) is 2. The zero-order chi connectivity index (χ0) is 19.0. The van der Waals surface area contributed by atoms with Crippen LogP contribution in [0.2, 0.25) is 0 Å². The van der Waals surface area contributed by atoms with E-state index in [-0.39, 0.29) is 23.5 Å². The Kier molecular flexibility index (Phi) is 4.96. The predicted octanol–water partition coefficient (Wildman–Crippen LogP) is 1.52. The van der Waals surface area contributed by atoms with Crippen LogP contribution in [0, 0.1) is 0 Å². The first-order valence-electron chi connectivity index (χ1n) is 9.21. The molecule has 0 radical (unpaired) electrons. The molecule has 1 atom stereocenters. The maximum absolute atomic E-state index is 13.1. The quantitative estimate of drug-likeness (QED) is 0.785. The highest BCUT2D eigenvalue weighted by Crippen LogP contribution is 2.28.